The average Bonchev–Trinajstić information content (AvgIpc) is 3.94. The fraction of sp³-hybridized carbons (Fsp3) is 0. The summed E-state index contributed by atoms with van der Waals surface area (Å²) in [5.74, 6) is 0.693. The smallest absolute Gasteiger partial charge is 0.160 e. The molecule has 68 heavy (non-hydrogen) atoms. The van der Waals surface area contributed by atoms with Crippen molar-refractivity contribution in [3.8, 4) is 78.7 Å². The number of fused-ring (bicyclic) bond motifs is 6. The Morgan fingerprint density at radius 3 is 1.22 bits per heavy atom. The lowest BCUT2D eigenvalue weighted by atomic mass is 9.98. The number of hydrogen-bond acceptors (Lipinski definition) is 2. The van der Waals surface area contributed by atoms with E-state index in [1.165, 1.54) is 60.4 Å². The molecule has 3 aromatic heterocycles. The molecule has 10 aromatic carbocycles. The molecule has 3 heterocycles. The van der Waals surface area contributed by atoms with Crippen LogP contribution in [-0.4, -0.2) is 19.1 Å². The summed E-state index contributed by atoms with van der Waals surface area (Å²) in [7, 11) is 0. The molecule has 0 bridgehead atoms. The molecule has 0 saturated heterocycles. The van der Waals surface area contributed by atoms with Gasteiger partial charge in [-0.2, -0.15) is 0 Å². The van der Waals surface area contributed by atoms with Crippen LogP contribution in [0.25, 0.3) is 122 Å². The van der Waals surface area contributed by atoms with Crippen LogP contribution in [0.3, 0.4) is 0 Å². The van der Waals surface area contributed by atoms with Crippen LogP contribution in [0.1, 0.15) is 0 Å². The number of para-hydroxylation sites is 2. The van der Waals surface area contributed by atoms with Crippen LogP contribution in [0.4, 0.5) is 0 Å². The Kier molecular flexibility index (Phi) is 9.47. The van der Waals surface area contributed by atoms with Gasteiger partial charge in [0.15, 0.2) is 5.82 Å². The molecule has 13 aromatic rings. The van der Waals surface area contributed by atoms with E-state index in [0.717, 1.165) is 56.0 Å². The highest BCUT2D eigenvalue weighted by atomic mass is 15.0. The van der Waals surface area contributed by atoms with E-state index >= 15 is 0 Å². The Morgan fingerprint density at radius 2 is 0.647 bits per heavy atom. The number of nitrogens with zero attached hydrogens (tertiary/aromatic N) is 4. The first-order chi connectivity index (χ1) is 33.7. The Morgan fingerprint density at radius 1 is 0.221 bits per heavy atom. The monoisotopic (exact) mass is 866 g/mol. The summed E-state index contributed by atoms with van der Waals surface area (Å²) in [5.41, 5.74) is 18.8. The third kappa shape index (κ3) is 6.86. The van der Waals surface area contributed by atoms with Gasteiger partial charge in [0.1, 0.15) is 0 Å². The zero-order valence-corrected chi connectivity index (χ0v) is 37.0. The molecule has 0 unspecified atom stereocenters. The van der Waals surface area contributed by atoms with Gasteiger partial charge >= 0.3 is 0 Å². The Labute approximate surface area is 394 Å². The van der Waals surface area contributed by atoms with Gasteiger partial charge in [-0.3, -0.25) is 0 Å². The van der Waals surface area contributed by atoms with E-state index in [-0.39, 0.29) is 0 Å². The lowest BCUT2D eigenvalue weighted by Crippen LogP contribution is -1.97. The van der Waals surface area contributed by atoms with Gasteiger partial charge in [0.25, 0.3) is 0 Å². The summed E-state index contributed by atoms with van der Waals surface area (Å²) in [5, 5.41) is 4.87. The summed E-state index contributed by atoms with van der Waals surface area (Å²) in [6, 6.07) is 91.2. The summed E-state index contributed by atoms with van der Waals surface area (Å²) >= 11 is 0. The molecule has 0 saturated carbocycles. The third-order valence-electron chi connectivity index (χ3n) is 13.3. The Hall–Kier alpha value is -9.12. The minimum Gasteiger partial charge on any atom is -0.309 e. The normalized spacial score (nSPS) is 11.5. The van der Waals surface area contributed by atoms with Gasteiger partial charge < -0.3 is 9.13 Å². The van der Waals surface area contributed by atoms with Crippen LogP contribution in [0.15, 0.2) is 255 Å². The average molecular weight is 867 g/mol. The quantitative estimate of drug-likeness (QED) is 0.153. The summed E-state index contributed by atoms with van der Waals surface area (Å²) < 4.78 is 4.83. The van der Waals surface area contributed by atoms with Crippen LogP contribution in [-0.2, 0) is 0 Å². The van der Waals surface area contributed by atoms with Crippen molar-refractivity contribution in [2.75, 3.05) is 0 Å². The molecule has 0 atom stereocenters. The summed E-state index contributed by atoms with van der Waals surface area (Å²) in [4.78, 5) is 10.2. The van der Waals surface area contributed by atoms with Crippen molar-refractivity contribution in [3.05, 3.63) is 255 Å². The fourth-order valence-corrected chi connectivity index (χ4v) is 10.0. The van der Waals surface area contributed by atoms with Gasteiger partial charge in [0, 0.05) is 49.6 Å². The van der Waals surface area contributed by atoms with Gasteiger partial charge in [-0.1, -0.05) is 176 Å². The van der Waals surface area contributed by atoms with E-state index in [4.69, 9.17) is 9.97 Å². The fourth-order valence-electron chi connectivity index (χ4n) is 10.0. The highest BCUT2D eigenvalue weighted by Crippen LogP contribution is 2.40. The molecule has 318 valence electrons. The van der Waals surface area contributed by atoms with Gasteiger partial charge in [0.05, 0.1) is 33.5 Å². The zero-order chi connectivity index (χ0) is 45.0. The number of aromatic nitrogens is 4. The van der Waals surface area contributed by atoms with Gasteiger partial charge in [-0.05, 0) is 112 Å². The molecule has 4 nitrogen and oxygen atoms in total. The first-order valence-electron chi connectivity index (χ1n) is 23.1. The molecule has 0 spiro atoms. The van der Waals surface area contributed by atoms with Crippen LogP contribution >= 0.6 is 0 Å². The SMILES string of the molecule is c1ccc(-c2cc(-c3ccccc3)cc(-n3c4ccccc4c4cc(-c5ccc6c7ccccc7n(-c7ccc(-c8nc(-c9ccccc9)cc(-c9ccccc9)n8)cc7)c6c5)ccc43)c2)cc1. The maximum absolute atomic E-state index is 5.11. The zero-order valence-electron chi connectivity index (χ0n) is 37.0. The summed E-state index contributed by atoms with van der Waals surface area (Å²) in [6.45, 7) is 0. The van der Waals surface area contributed by atoms with E-state index in [1.807, 2.05) is 12.1 Å². The predicted molar refractivity (Wildman–Crippen MR) is 283 cm³/mol. The molecule has 0 amide bonds. The Balaban J connectivity index is 0.926. The van der Waals surface area contributed by atoms with Crippen molar-refractivity contribution in [1.82, 2.24) is 19.1 Å². The Bertz CT molecular complexity index is 3870. The summed E-state index contributed by atoms with van der Waals surface area (Å²) in [6.07, 6.45) is 0. The minimum absolute atomic E-state index is 0.693. The maximum atomic E-state index is 5.11. The van der Waals surface area contributed by atoms with Crippen molar-refractivity contribution in [1.29, 1.82) is 0 Å². The molecule has 0 fully saturated rings. The number of rotatable bonds is 8. The van der Waals surface area contributed by atoms with E-state index in [1.54, 1.807) is 0 Å². The first-order valence-corrected chi connectivity index (χ1v) is 23.1. The molecule has 0 aliphatic heterocycles. The highest BCUT2D eigenvalue weighted by molar-refractivity contribution is 6.12. The van der Waals surface area contributed by atoms with Gasteiger partial charge in [-0.15, -0.1) is 0 Å². The molecule has 0 radical (unpaired) electrons. The molecular weight excluding hydrogens is 825 g/mol. The van der Waals surface area contributed by atoms with E-state index in [0.29, 0.717) is 5.82 Å². The molecule has 13 rings (SSSR count). The van der Waals surface area contributed by atoms with Gasteiger partial charge in [0.2, 0.25) is 0 Å². The molecule has 0 N–H and O–H groups in total. The standard InChI is InChI=1S/C64H42N4/c1-5-17-43(18-6-1)50-37-51(44-19-7-2-8-20-44)39-53(38-50)68-61-28-16-14-26-55(61)57-40-48(32-36-62(57)68)49-31-35-56-54-25-13-15-27-60(54)67(63(56)41-49)52-33-29-47(30-34-52)64-65-58(45-21-9-3-10-22-45)42-59(66-64)46-23-11-4-12-24-46/h1-42H. The van der Waals surface area contributed by atoms with Crippen LogP contribution < -0.4 is 0 Å². The van der Waals surface area contributed by atoms with Crippen molar-refractivity contribution < 1.29 is 0 Å². The molecule has 0 aliphatic carbocycles. The predicted octanol–water partition coefficient (Wildman–Crippen LogP) is 16.7. The highest BCUT2D eigenvalue weighted by Gasteiger charge is 2.18. The van der Waals surface area contributed by atoms with E-state index in [2.05, 4.69) is 252 Å². The second-order valence-electron chi connectivity index (χ2n) is 17.4. The van der Waals surface area contributed by atoms with E-state index < -0.39 is 0 Å². The number of benzene rings is 10. The molecule has 4 heteroatoms. The van der Waals surface area contributed by atoms with Crippen LogP contribution in [0.5, 0.6) is 0 Å². The molecular formula is C64H42N4. The van der Waals surface area contributed by atoms with Crippen LogP contribution in [0, 0.1) is 0 Å². The van der Waals surface area contributed by atoms with Crippen molar-refractivity contribution in [2.24, 2.45) is 0 Å². The minimum atomic E-state index is 0.693. The van der Waals surface area contributed by atoms with Gasteiger partial charge in [-0.25, -0.2) is 9.97 Å². The first kappa shape index (κ1) is 39.3. The van der Waals surface area contributed by atoms with Crippen molar-refractivity contribution in [3.63, 3.8) is 0 Å². The maximum Gasteiger partial charge on any atom is 0.160 e. The second kappa shape index (κ2) is 16.4. The largest absolute Gasteiger partial charge is 0.309 e. The topological polar surface area (TPSA) is 35.6 Å². The lowest BCUT2D eigenvalue weighted by molar-refractivity contribution is 1.16. The lowest BCUT2D eigenvalue weighted by Gasteiger charge is -2.14. The van der Waals surface area contributed by atoms with Crippen LogP contribution in [0.2, 0.25) is 0 Å². The van der Waals surface area contributed by atoms with Crippen molar-refractivity contribution >= 4 is 43.6 Å². The third-order valence-corrected chi connectivity index (χ3v) is 13.3. The second-order valence-corrected chi connectivity index (χ2v) is 17.4. The molecule has 0 aliphatic rings. The number of hydrogen-bond donors (Lipinski definition) is 0. The van der Waals surface area contributed by atoms with E-state index in [9.17, 15) is 0 Å². The van der Waals surface area contributed by atoms with Crippen molar-refractivity contribution in [2.45, 2.75) is 0 Å².